The zero-order valence-electron chi connectivity index (χ0n) is 10.3. The summed E-state index contributed by atoms with van der Waals surface area (Å²) < 4.78 is 9.82. The second-order valence-corrected chi connectivity index (χ2v) is 3.82. The Kier molecular flexibility index (Phi) is 4.35. The predicted octanol–water partition coefficient (Wildman–Crippen LogP) is 2.42. The van der Waals surface area contributed by atoms with E-state index >= 15 is 0 Å². The fourth-order valence-corrected chi connectivity index (χ4v) is 1.79. The number of rotatable bonds is 4. The lowest BCUT2D eigenvalue weighted by molar-refractivity contribution is -0.140. The van der Waals surface area contributed by atoms with Crippen LogP contribution in [-0.4, -0.2) is 20.2 Å². The van der Waals surface area contributed by atoms with Gasteiger partial charge in [0.2, 0.25) is 0 Å². The quantitative estimate of drug-likeness (QED) is 0.734. The lowest BCUT2D eigenvalue weighted by Crippen LogP contribution is -2.04. The molecule has 0 bridgehead atoms. The Labute approximate surface area is 96.4 Å². The molecular formula is C13H18O3. The Hall–Kier alpha value is -1.51. The summed E-state index contributed by atoms with van der Waals surface area (Å²) in [5.74, 6) is 0.687. The van der Waals surface area contributed by atoms with Crippen LogP contribution in [0.3, 0.4) is 0 Å². The van der Waals surface area contributed by atoms with Gasteiger partial charge in [-0.1, -0.05) is 0 Å². The van der Waals surface area contributed by atoms with Gasteiger partial charge in [0.05, 0.1) is 14.2 Å². The summed E-state index contributed by atoms with van der Waals surface area (Å²) in [5, 5.41) is 0. The zero-order chi connectivity index (χ0) is 12.1. The van der Waals surface area contributed by atoms with Crippen molar-refractivity contribution < 1.29 is 14.3 Å². The van der Waals surface area contributed by atoms with Gasteiger partial charge < -0.3 is 9.47 Å². The van der Waals surface area contributed by atoms with Gasteiger partial charge in [-0.05, 0) is 49.1 Å². The molecule has 1 aromatic carbocycles. The van der Waals surface area contributed by atoms with Crippen molar-refractivity contribution >= 4 is 5.97 Å². The van der Waals surface area contributed by atoms with Gasteiger partial charge in [0, 0.05) is 6.42 Å². The normalized spacial score (nSPS) is 10.0. The molecule has 0 atom stereocenters. The molecule has 3 heteroatoms. The van der Waals surface area contributed by atoms with Crippen molar-refractivity contribution in [3.8, 4) is 5.75 Å². The van der Waals surface area contributed by atoms with E-state index in [1.807, 2.05) is 26.0 Å². The number of esters is 1. The maximum atomic E-state index is 11.1. The molecule has 0 aromatic heterocycles. The van der Waals surface area contributed by atoms with Gasteiger partial charge in [-0.2, -0.15) is 0 Å². The van der Waals surface area contributed by atoms with Gasteiger partial charge >= 0.3 is 5.97 Å². The number of methoxy groups -OCH3 is 2. The Balaban J connectivity index is 2.84. The summed E-state index contributed by atoms with van der Waals surface area (Å²) in [6.07, 6.45) is 1.14. The van der Waals surface area contributed by atoms with Gasteiger partial charge in [0.25, 0.3) is 0 Å². The third kappa shape index (κ3) is 2.99. The molecule has 3 nitrogen and oxygen atoms in total. The number of aryl methyl sites for hydroxylation is 2. The first kappa shape index (κ1) is 12.6. The van der Waals surface area contributed by atoms with Crippen molar-refractivity contribution in [2.45, 2.75) is 26.7 Å². The molecule has 0 aliphatic rings. The lowest BCUT2D eigenvalue weighted by atomic mass is 9.98. The Bertz CT molecular complexity index is 360. The highest BCUT2D eigenvalue weighted by atomic mass is 16.5. The highest BCUT2D eigenvalue weighted by Crippen LogP contribution is 2.22. The van der Waals surface area contributed by atoms with Crippen LogP contribution in [0, 0.1) is 13.8 Å². The topological polar surface area (TPSA) is 35.5 Å². The molecule has 16 heavy (non-hydrogen) atoms. The van der Waals surface area contributed by atoms with Crippen molar-refractivity contribution in [2.24, 2.45) is 0 Å². The number of hydrogen-bond acceptors (Lipinski definition) is 3. The average molecular weight is 222 g/mol. The standard InChI is InChI=1S/C13H18O3/c1-9-7-11(15-3)8-10(2)12(9)5-6-13(14)16-4/h7-8H,5-6H2,1-4H3. The van der Waals surface area contributed by atoms with Crippen LogP contribution < -0.4 is 4.74 Å². The first-order valence-corrected chi connectivity index (χ1v) is 5.29. The monoisotopic (exact) mass is 222 g/mol. The Morgan fingerprint density at radius 2 is 1.75 bits per heavy atom. The fourth-order valence-electron chi connectivity index (χ4n) is 1.79. The molecule has 0 N–H and O–H groups in total. The summed E-state index contributed by atoms with van der Waals surface area (Å²) in [4.78, 5) is 11.1. The first-order chi connectivity index (χ1) is 7.58. The highest BCUT2D eigenvalue weighted by Gasteiger charge is 2.08. The molecular weight excluding hydrogens is 204 g/mol. The summed E-state index contributed by atoms with van der Waals surface area (Å²) in [7, 11) is 3.07. The molecule has 0 saturated heterocycles. The maximum Gasteiger partial charge on any atom is 0.305 e. The van der Waals surface area contributed by atoms with E-state index in [1.165, 1.54) is 12.7 Å². The Morgan fingerprint density at radius 1 is 1.19 bits per heavy atom. The molecule has 1 rings (SSSR count). The minimum absolute atomic E-state index is 0.172. The van der Waals surface area contributed by atoms with Crippen LogP contribution >= 0.6 is 0 Å². The summed E-state index contributed by atoms with van der Waals surface area (Å²) in [6.45, 7) is 4.06. The van der Waals surface area contributed by atoms with E-state index in [0.29, 0.717) is 12.8 Å². The molecule has 1 aromatic rings. The molecule has 0 aliphatic heterocycles. The Morgan fingerprint density at radius 3 is 2.19 bits per heavy atom. The van der Waals surface area contributed by atoms with E-state index in [2.05, 4.69) is 4.74 Å². The van der Waals surface area contributed by atoms with Gasteiger partial charge in [0.15, 0.2) is 0 Å². The molecule has 0 heterocycles. The molecule has 88 valence electrons. The van der Waals surface area contributed by atoms with Gasteiger partial charge in [-0.15, -0.1) is 0 Å². The second kappa shape index (κ2) is 5.54. The molecule has 0 aliphatic carbocycles. The number of ether oxygens (including phenoxy) is 2. The van der Waals surface area contributed by atoms with Crippen LogP contribution in [-0.2, 0) is 16.0 Å². The van der Waals surface area contributed by atoms with E-state index in [4.69, 9.17) is 4.74 Å². The minimum atomic E-state index is -0.172. The first-order valence-electron chi connectivity index (χ1n) is 5.29. The minimum Gasteiger partial charge on any atom is -0.497 e. The lowest BCUT2D eigenvalue weighted by Gasteiger charge is -2.11. The maximum absolute atomic E-state index is 11.1. The van der Waals surface area contributed by atoms with Crippen LogP contribution in [0.1, 0.15) is 23.1 Å². The van der Waals surface area contributed by atoms with E-state index in [9.17, 15) is 4.79 Å². The largest absolute Gasteiger partial charge is 0.497 e. The summed E-state index contributed by atoms with van der Waals surface area (Å²) in [6, 6.07) is 3.97. The van der Waals surface area contributed by atoms with Crippen molar-refractivity contribution in [3.63, 3.8) is 0 Å². The highest BCUT2D eigenvalue weighted by molar-refractivity contribution is 5.69. The smallest absolute Gasteiger partial charge is 0.305 e. The van der Waals surface area contributed by atoms with E-state index < -0.39 is 0 Å². The number of benzene rings is 1. The summed E-state index contributed by atoms with van der Waals surface area (Å²) in [5.41, 5.74) is 3.51. The van der Waals surface area contributed by atoms with Crippen molar-refractivity contribution in [1.82, 2.24) is 0 Å². The number of carbonyl (C=O) groups is 1. The zero-order valence-corrected chi connectivity index (χ0v) is 10.3. The predicted molar refractivity (Wildman–Crippen MR) is 62.8 cm³/mol. The molecule has 0 spiro atoms. The number of hydrogen-bond donors (Lipinski definition) is 0. The van der Waals surface area contributed by atoms with Gasteiger partial charge in [-0.3, -0.25) is 4.79 Å². The molecule has 0 unspecified atom stereocenters. The van der Waals surface area contributed by atoms with E-state index in [1.54, 1.807) is 7.11 Å². The molecule has 0 amide bonds. The fraction of sp³-hybridized carbons (Fsp3) is 0.462. The van der Waals surface area contributed by atoms with E-state index in [0.717, 1.165) is 16.9 Å². The molecule has 0 saturated carbocycles. The van der Waals surface area contributed by atoms with Crippen LogP contribution in [0.15, 0.2) is 12.1 Å². The van der Waals surface area contributed by atoms with Crippen LogP contribution in [0.5, 0.6) is 5.75 Å². The van der Waals surface area contributed by atoms with Crippen molar-refractivity contribution in [1.29, 1.82) is 0 Å². The van der Waals surface area contributed by atoms with E-state index in [-0.39, 0.29) is 5.97 Å². The van der Waals surface area contributed by atoms with Crippen LogP contribution in [0.2, 0.25) is 0 Å². The van der Waals surface area contributed by atoms with Gasteiger partial charge in [0.1, 0.15) is 5.75 Å². The van der Waals surface area contributed by atoms with Gasteiger partial charge in [-0.25, -0.2) is 0 Å². The van der Waals surface area contributed by atoms with Crippen molar-refractivity contribution in [3.05, 3.63) is 28.8 Å². The van der Waals surface area contributed by atoms with Crippen LogP contribution in [0.4, 0.5) is 0 Å². The molecule has 0 radical (unpaired) electrons. The van der Waals surface area contributed by atoms with Crippen LogP contribution in [0.25, 0.3) is 0 Å². The summed E-state index contributed by atoms with van der Waals surface area (Å²) >= 11 is 0. The average Bonchev–Trinajstić information content (AvgIpc) is 2.27. The number of carbonyl (C=O) groups excluding carboxylic acids is 1. The third-order valence-corrected chi connectivity index (χ3v) is 2.71. The molecule has 0 fully saturated rings. The van der Waals surface area contributed by atoms with Crippen molar-refractivity contribution in [2.75, 3.05) is 14.2 Å². The SMILES string of the molecule is COC(=O)CCc1c(C)cc(OC)cc1C. The second-order valence-electron chi connectivity index (χ2n) is 3.82. The third-order valence-electron chi connectivity index (χ3n) is 2.71.